The van der Waals surface area contributed by atoms with Crippen molar-refractivity contribution in [3.63, 3.8) is 0 Å². The van der Waals surface area contributed by atoms with Gasteiger partial charge in [0.15, 0.2) is 5.54 Å². The van der Waals surface area contributed by atoms with Gasteiger partial charge in [-0.25, -0.2) is 9.59 Å². The van der Waals surface area contributed by atoms with Crippen LogP contribution in [0.1, 0.15) is 36.7 Å². The van der Waals surface area contributed by atoms with Gasteiger partial charge in [0.25, 0.3) is 5.91 Å². The maximum absolute atomic E-state index is 13.0. The fourth-order valence-electron chi connectivity index (χ4n) is 3.69. The summed E-state index contributed by atoms with van der Waals surface area (Å²) in [5.74, 6) is -1.16. The molecule has 3 rings (SSSR count). The normalized spacial score (nSPS) is 12.8. The fourth-order valence-corrected chi connectivity index (χ4v) is 3.69. The number of carbonyl (C=O) groups is 3. The molecule has 0 saturated heterocycles. The summed E-state index contributed by atoms with van der Waals surface area (Å²) in [6, 6.07) is 15.8. The van der Waals surface area contributed by atoms with Gasteiger partial charge in [-0.05, 0) is 50.6 Å². The minimum Gasteiger partial charge on any atom is -0.467 e. The van der Waals surface area contributed by atoms with Crippen LogP contribution in [0.25, 0.3) is 10.9 Å². The summed E-state index contributed by atoms with van der Waals surface area (Å²) in [6.45, 7) is 8.96. The number of nitrogens with one attached hydrogen (secondary N) is 1. The van der Waals surface area contributed by atoms with Crippen molar-refractivity contribution in [2.45, 2.75) is 38.3 Å². The van der Waals surface area contributed by atoms with Gasteiger partial charge in [0.2, 0.25) is 0 Å². The molecule has 0 saturated carbocycles. The van der Waals surface area contributed by atoms with Crippen molar-refractivity contribution in [2.75, 3.05) is 7.11 Å². The number of rotatable bonds is 6. The molecule has 7 heteroatoms. The number of para-hydroxylation sites is 1. The molecule has 0 fully saturated rings. The minimum absolute atomic E-state index is 0.00290. The van der Waals surface area contributed by atoms with Crippen LogP contribution >= 0.6 is 0 Å². The Bertz CT molecular complexity index is 1260. The van der Waals surface area contributed by atoms with Crippen molar-refractivity contribution in [1.82, 2.24) is 9.88 Å². The van der Waals surface area contributed by atoms with E-state index in [1.54, 1.807) is 69.4 Å². The van der Waals surface area contributed by atoms with E-state index in [4.69, 9.17) is 9.47 Å². The van der Waals surface area contributed by atoms with Crippen LogP contribution in [0.15, 0.2) is 79.2 Å². The van der Waals surface area contributed by atoms with E-state index >= 15 is 0 Å². The first kappa shape index (κ1) is 24.6. The Labute approximate surface area is 198 Å². The molecule has 1 amide bonds. The summed E-state index contributed by atoms with van der Waals surface area (Å²) in [4.78, 5) is 38.9. The van der Waals surface area contributed by atoms with Gasteiger partial charge in [0.1, 0.15) is 5.60 Å². The van der Waals surface area contributed by atoms with E-state index in [0.29, 0.717) is 16.6 Å². The van der Waals surface area contributed by atoms with Crippen molar-refractivity contribution in [3.8, 4) is 0 Å². The molecule has 0 bridgehead atoms. The third kappa shape index (κ3) is 5.27. The van der Waals surface area contributed by atoms with Crippen molar-refractivity contribution >= 4 is 28.9 Å². The molecule has 0 aliphatic carbocycles. The highest BCUT2D eigenvalue weighted by Crippen LogP contribution is 2.28. The smallest absolute Gasteiger partial charge is 0.419 e. The zero-order valence-corrected chi connectivity index (χ0v) is 19.8. The SMILES string of the molecule is C=C=CC(Cc1cn(C(=O)OC(C)(C)C)c2ccccc12)(NC(=O)c1ccccc1)C(=O)OC. The standard InChI is InChI=1S/C27H28N2O5/c1-6-16-27(24(31)33-5,28-23(30)19-12-8-7-9-13-19)17-20-18-29(25(32)34-26(2,3)4)22-15-11-10-14-21(20)22/h7-16,18H,1,17H2,2-5H3,(H,28,30). The fraction of sp³-hybridized carbons (Fsp3) is 0.259. The van der Waals surface area contributed by atoms with Gasteiger partial charge in [0, 0.05) is 23.6 Å². The largest absolute Gasteiger partial charge is 0.467 e. The quantitative estimate of drug-likeness (QED) is 0.427. The highest BCUT2D eigenvalue weighted by atomic mass is 16.6. The molecule has 1 atom stereocenters. The van der Waals surface area contributed by atoms with Crippen LogP contribution in [-0.2, 0) is 20.7 Å². The van der Waals surface area contributed by atoms with Gasteiger partial charge in [-0.1, -0.05) is 43.0 Å². The summed E-state index contributed by atoms with van der Waals surface area (Å²) >= 11 is 0. The van der Waals surface area contributed by atoms with Crippen molar-refractivity contribution in [3.05, 3.63) is 90.3 Å². The molecule has 7 nitrogen and oxygen atoms in total. The molecule has 34 heavy (non-hydrogen) atoms. The van der Waals surface area contributed by atoms with E-state index in [2.05, 4.69) is 17.6 Å². The molecule has 0 radical (unpaired) electrons. The molecule has 176 valence electrons. The lowest BCUT2D eigenvalue weighted by Crippen LogP contribution is -2.55. The van der Waals surface area contributed by atoms with Crippen LogP contribution in [0.4, 0.5) is 4.79 Å². The van der Waals surface area contributed by atoms with Crippen LogP contribution in [0.2, 0.25) is 0 Å². The Kier molecular flexibility index (Phi) is 7.08. The second kappa shape index (κ2) is 9.81. The Morgan fingerprint density at radius 3 is 2.32 bits per heavy atom. The van der Waals surface area contributed by atoms with Crippen LogP contribution in [0.5, 0.6) is 0 Å². The highest BCUT2D eigenvalue weighted by Gasteiger charge is 2.40. The number of benzene rings is 2. The number of carbonyl (C=O) groups excluding carboxylic acids is 3. The van der Waals surface area contributed by atoms with Crippen molar-refractivity contribution < 1.29 is 23.9 Å². The summed E-state index contributed by atoms with van der Waals surface area (Å²) < 4.78 is 12.0. The Hall–Kier alpha value is -4.09. The average molecular weight is 461 g/mol. The first-order valence-electron chi connectivity index (χ1n) is 10.8. The number of methoxy groups -OCH3 is 1. The van der Waals surface area contributed by atoms with Crippen molar-refractivity contribution in [1.29, 1.82) is 0 Å². The summed E-state index contributed by atoms with van der Waals surface area (Å²) in [7, 11) is 1.24. The molecule has 0 aliphatic heterocycles. The van der Waals surface area contributed by atoms with Crippen LogP contribution < -0.4 is 5.32 Å². The number of amides is 1. The molecule has 3 aromatic rings. The first-order valence-corrected chi connectivity index (χ1v) is 10.8. The number of aromatic nitrogens is 1. The van der Waals surface area contributed by atoms with Crippen LogP contribution in [0, 0.1) is 0 Å². The van der Waals surface area contributed by atoms with Crippen molar-refractivity contribution in [2.24, 2.45) is 0 Å². The van der Waals surface area contributed by atoms with E-state index in [9.17, 15) is 14.4 Å². The topological polar surface area (TPSA) is 86.6 Å². The number of fused-ring (bicyclic) bond motifs is 1. The number of ether oxygens (including phenoxy) is 2. The zero-order chi connectivity index (χ0) is 24.9. The van der Waals surface area contributed by atoms with Crippen LogP contribution in [0.3, 0.4) is 0 Å². The van der Waals surface area contributed by atoms with Crippen LogP contribution in [-0.4, -0.2) is 40.8 Å². The predicted molar refractivity (Wildman–Crippen MR) is 130 cm³/mol. The Morgan fingerprint density at radius 1 is 1.06 bits per heavy atom. The van der Waals surface area contributed by atoms with Gasteiger partial charge >= 0.3 is 12.1 Å². The third-order valence-electron chi connectivity index (χ3n) is 5.12. The highest BCUT2D eigenvalue weighted by molar-refractivity contribution is 6.00. The van der Waals surface area contributed by atoms with E-state index in [0.717, 1.165) is 5.39 Å². The van der Waals surface area contributed by atoms with E-state index in [-0.39, 0.29) is 6.42 Å². The van der Waals surface area contributed by atoms with Gasteiger partial charge in [-0.3, -0.25) is 9.36 Å². The van der Waals surface area contributed by atoms with Gasteiger partial charge in [-0.2, -0.15) is 0 Å². The molecule has 1 N–H and O–H groups in total. The van der Waals surface area contributed by atoms with E-state index in [1.807, 2.05) is 12.1 Å². The summed E-state index contributed by atoms with van der Waals surface area (Å²) in [5.41, 5.74) is 1.95. The van der Waals surface area contributed by atoms with Gasteiger partial charge in [-0.15, -0.1) is 5.73 Å². The molecule has 2 aromatic carbocycles. The van der Waals surface area contributed by atoms with Gasteiger partial charge < -0.3 is 14.8 Å². The molecule has 1 aromatic heterocycles. The minimum atomic E-state index is -1.60. The maximum Gasteiger partial charge on any atom is 0.419 e. The first-order chi connectivity index (χ1) is 16.1. The number of hydrogen-bond acceptors (Lipinski definition) is 5. The molecule has 1 unspecified atom stereocenters. The lowest BCUT2D eigenvalue weighted by Gasteiger charge is -2.28. The second-order valence-electron chi connectivity index (χ2n) is 8.83. The number of hydrogen-bond donors (Lipinski definition) is 1. The molecular formula is C27H28N2O5. The van der Waals surface area contributed by atoms with E-state index < -0.39 is 29.1 Å². The summed E-state index contributed by atoms with van der Waals surface area (Å²) in [5, 5.41) is 3.52. The molecule has 0 aliphatic rings. The Morgan fingerprint density at radius 2 is 1.71 bits per heavy atom. The monoisotopic (exact) mass is 460 g/mol. The summed E-state index contributed by atoms with van der Waals surface area (Å²) in [6.07, 6.45) is 2.43. The lowest BCUT2D eigenvalue weighted by atomic mass is 9.89. The van der Waals surface area contributed by atoms with E-state index in [1.165, 1.54) is 17.8 Å². The predicted octanol–water partition coefficient (Wildman–Crippen LogP) is 4.65. The molecule has 1 heterocycles. The molecule has 0 spiro atoms. The Balaban J connectivity index is 2.10. The van der Waals surface area contributed by atoms with Gasteiger partial charge in [0.05, 0.1) is 12.6 Å². The average Bonchev–Trinajstić information content (AvgIpc) is 3.16. The number of esters is 1. The maximum atomic E-state index is 13.0. The zero-order valence-electron chi connectivity index (χ0n) is 19.8. The number of nitrogens with zero attached hydrogens (tertiary/aromatic N) is 1. The lowest BCUT2D eigenvalue weighted by molar-refractivity contribution is -0.146. The molecular weight excluding hydrogens is 432 g/mol. The third-order valence-corrected chi connectivity index (χ3v) is 5.12. The second-order valence-corrected chi connectivity index (χ2v) is 8.83.